The molecule has 2 aromatic rings. The van der Waals surface area contributed by atoms with Crippen LogP contribution < -0.4 is 4.74 Å². The first-order chi connectivity index (χ1) is 12.1. The van der Waals surface area contributed by atoms with Crippen LogP contribution in [0.4, 0.5) is 5.69 Å². The van der Waals surface area contributed by atoms with Gasteiger partial charge in [0.15, 0.2) is 0 Å². The number of nitrogens with zero attached hydrogens (tertiary/aromatic N) is 1. The summed E-state index contributed by atoms with van der Waals surface area (Å²) in [6, 6.07) is 13.9. The van der Waals surface area contributed by atoms with Gasteiger partial charge in [0, 0.05) is 18.2 Å². The zero-order chi connectivity index (χ0) is 18.1. The molecule has 0 fully saturated rings. The van der Waals surface area contributed by atoms with Gasteiger partial charge in [-0.2, -0.15) is 0 Å². The molecule has 2 aromatic carbocycles. The standard InChI is InChI=1S/C19H19NO5/c1-2-19(21)25-14-4-3-13-24-18-11-7-16(8-12-18)15-5-9-17(10-6-15)20(22)23/h2,5-12H,1,3-4,13-14H2. The maximum Gasteiger partial charge on any atom is 0.330 e. The van der Waals surface area contributed by atoms with E-state index in [-0.39, 0.29) is 5.69 Å². The van der Waals surface area contributed by atoms with Crippen LogP contribution >= 0.6 is 0 Å². The highest BCUT2D eigenvalue weighted by molar-refractivity contribution is 5.81. The molecule has 0 amide bonds. The molecule has 130 valence electrons. The Balaban J connectivity index is 1.78. The summed E-state index contributed by atoms with van der Waals surface area (Å²) in [4.78, 5) is 21.1. The molecular weight excluding hydrogens is 322 g/mol. The van der Waals surface area contributed by atoms with E-state index in [0.717, 1.165) is 35.8 Å². The van der Waals surface area contributed by atoms with Crippen LogP contribution in [0.1, 0.15) is 12.8 Å². The highest BCUT2D eigenvalue weighted by Gasteiger charge is 2.05. The first-order valence-electron chi connectivity index (χ1n) is 7.87. The normalized spacial score (nSPS) is 10.1. The van der Waals surface area contributed by atoms with Gasteiger partial charge < -0.3 is 9.47 Å². The monoisotopic (exact) mass is 341 g/mol. The van der Waals surface area contributed by atoms with Gasteiger partial charge in [0.05, 0.1) is 18.1 Å². The lowest BCUT2D eigenvalue weighted by atomic mass is 10.1. The summed E-state index contributed by atoms with van der Waals surface area (Å²) in [7, 11) is 0. The second-order valence-corrected chi connectivity index (χ2v) is 5.26. The zero-order valence-electron chi connectivity index (χ0n) is 13.7. The molecule has 0 N–H and O–H groups in total. The van der Waals surface area contributed by atoms with E-state index in [1.54, 1.807) is 12.1 Å². The summed E-state index contributed by atoms with van der Waals surface area (Å²) in [5, 5.41) is 10.7. The van der Waals surface area contributed by atoms with Crippen molar-refractivity contribution in [3.63, 3.8) is 0 Å². The van der Waals surface area contributed by atoms with Crippen molar-refractivity contribution in [3.8, 4) is 16.9 Å². The van der Waals surface area contributed by atoms with Gasteiger partial charge in [0.1, 0.15) is 5.75 Å². The number of non-ortho nitro benzene ring substituents is 1. The molecule has 0 aliphatic carbocycles. The molecule has 0 bridgehead atoms. The molecule has 0 aliphatic heterocycles. The summed E-state index contributed by atoms with van der Waals surface area (Å²) in [6.45, 7) is 4.21. The molecule has 0 spiro atoms. The Morgan fingerprint density at radius 3 is 2.12 bits per heavy atom. The second-order valence-electron chi connectivity index (χ2n) is 5.26. The third-order valence-electron chi connectivity index (χ3n) is 3.48. The number of unbranched alkanes of at least 4 members (excludes halogenated alkanes) is 1. The Morgan fingerprint density at radius 2 is 1.56 bits per heavy atom. The van der Waals surface area contributed by atoms with Crippen molar-refractivity contribution in [1.29, 1.82) is 0 Å². The Labute approximate surface area is 145 Å². The van der Waals surface area contributed by atoms with Crippen LogP contribution in [0.5, 0.6) is 5.75 Å². The van der Waals surface area contributed by atoms with Crippen LogP contribution in [0.3, 0.4) is 0 Å². The third-order valence-corrected chi connectivity index (χ3v) is 3.48. The molecular formula is C19H19NO5. The molecule has 0 atom stereocenters. The van der Waals surface area contributed by atoms with Gasteiger partial charge in [-0.25, -0.2) is 4.79 Å². The van der Waals surface area contributed by atoms with E-state index < -0.39 is 10.9 Å². The van der Waals surface area contributed by atoms with Crippen molar-refractivity contribution < 1.29 is 19.2 Å². The molecule has 25 heavy (non-hydrogen) atoms. The fourth-order valence-electron chi connectivity index (χ4n) is 2.15. The van der Waals surface area contributed by atoms with Crippen LogP contribution in [0.25, 0.3) is 11.1 Å². The van der Waals surface area contributed by atoms with E-state index in [2.05, 4.69) is 6.58 Å². The SMILES string of the molecule is C=CC(=O)OCCCCOc1ccc(-c2ccc([N+](=O)[O-])cc2)cc1. The molecule has 6 nitrogen and oxygen atoms in total. The highest BCUT2D eigenvalue weighted by atomic mass is 16.6. The molecule has 0 aliphatic rings. The number of hydrogen-bond donors (Lipinski definition) is 0. The number of esters is 1. The van der Waals surface area contributed by atoms with E-state index in [4.69, 9.17) is 9.47 Å². The Kier molecular flexibility index (Phi) is 6.71. The van der Waals surface area contributed by atoms with Crippen molar-refractivity contribution in [1.82, 2.24) is 0 Å². The second kappa shape index (κ2) is 9.22. The fraction of sp³-hybridized carbons (Fsp3) is 0.211. The summed E-state index contributed by atoms with van der Waals surface area (Å²) in [5.41, 5.74) is 1.93. The number of carbonyl (C=O) groups is 1. The topological polar surface area (TPSA) is 78.7 Å². The van der Waals surface area contributed by atoms with Crippen molar-refractivity contribution in [2.45, 2.75) is 12.8 Å². The number of benzene rings is 2. The van der Waals surface area contributed by atoms with E-state index in [0.29, 0.717) is 13.2 Å². The number of rotatable bonds is 9. The molecule has 2 rings (SSSR count). The van der Waals surface area contributed by atoms with Crippen LogP contribution in [0.15, 0.2) is 61.2 Å². The van der Waals surface area contributed by atoms with Crippen LogP contribution in [-0.4, -0.2) is 24.1 Å². The minimum Gasteiger partial charge on any atom is -0.494 e. The van der Waals surface area contributed by atoms with Gasteiger partial charge in [-0.3, -0.25) is 10.1 Å². The van der Waals surface area contributed by atoms with Crippen molar-refractivity contribution in [2.75, 3.05) is 13.2 Å². The van der Waals surface area contributed by atoms with Crippen LogP contribution in [-0.2, 0) is 9.53 Å². The van der Waals surface area contributed by atoms with Gasteiger partial charge in [-0.15, -0.1) is 0 Å². The molecule has 0 saturated carbocycles. The van der Waals surface area contributed by atoms with Crippen molar-refractivity contribution in [3.05, 3.63) is 71.3 Å². The highest BCUT2D eigenvalue weighted by Crippen LogP contribution is 2.24. The summed E-state index contributed by atoms with van der Waals surface area (Å²) in [6.07, 6.45) is 2.64. The smallest absolute Gasteiger partial charge is 0.330 e. The number of hydrogen-bond acceptors (Lipinski definition) is 5. The van der Waals surface area contributed by atoms with Gasteiger partial charge in [-0.1, -0.05) is 18.7 Å². The van der Waals surface area contributed by atoms with E-state index in [1.165, 1.54) is 12.1 Å². The van der Waals surface area contributed by atoms with Crippen LogP contribution in [0, 0.1) is 10.1 Å². The lowest BCUT2D eigenvalue weighted by Gasteiger charge is -2.07. The van der Waals surface area contributed by atoms with E-state index in [1.807, 2.05) is 24.3 Å². The third kappa shape index (κ3) is 5.76. The average molecular weight is 341 g/mol. The first-order valence-corrected chi connectivity index (χ1v) is 7.87. The minimum atomic E-state index is -0.418. The number of nitro benzene ring substituents is 1. The lowest BCUT2D eigenvalue weighted by molar-refractivity contribution is -0.384. The minimum absolute atomic E-state index is 0.0717. The first kappa shape index (κ1) is 18.2. The van der Waals surface area contributed by atoms with Gasteiger partial charge >= 0.3 is 5.97 Å². The van der Waals surface area contributed by atoms with E-state index in [9.17, 15) is 14.9 Å². The van der Waals surface area contributed by atoms with Crippen LogP contribution in [0.2, 0.25) is 0 Å². The van der Waals surface area contributed by atoms with Gasteiger partial charge in [0.25, 0.3) is 5.69 Å². The molecule has 0 radical (unpaired) electrons. The number of nitro groups is 1. The maximum absolute atomic E-state index is 10.9. The fourth-order valence-corrected chi connectivity index (χ4v) is 2.15. The number of carbonyl (C=O) groups excluding carboxylic acids is 1. The zero-order valence-corrected chi connectivity index (χ0v) is 13.7. The molecule has 0 aromatic heterocycles. The maximum atomic E-state index is 10.9. The largest absolute Gasteiger partial charge is 0.494 e. The van der Waals surface area contributed by atoms with Gasteiger partial charge in [-0.05, 0) is 48.2 Å². The molecule has 0 unspecified atom stereocenters. The Morgan fingerprint density at radius 1 is 1.00 bits per heavy atom. The summed E-state index contributed by atoms with van der Waals surface area (Å²) in [5.74, 6) is 0.330. The average Bonchev–Trinajstić information content (AvgIpc) is 2.65. The predicted octanol–water partition coefficient (Wildman–Crippen LogP) is 4.15. The van der Waals surface area contributed by atoms with Crippen molar-refractivity contribution in [2.24, 2.45) is 0 Å². The predicted molar refractivity (Wildman–Crippen MR) is 94.4 cm³/mol. The summed E-state index contributed by atoms with van der Waals surface area (Å²) < 4.78 is 10.5. The quantitative estimate of drug-likeness (QED) is 0.225. The number of ether oxygens (including phenoxy) is 2. The Hall–Kier alpha value is -3.15. The molecule has 6 heteroatoms. The Bertz CT molecular complexity index is 722. The lowest BCUT2D eigenvalue weighted by Crippen LogP contribution is -2.04. The van der Waals surface area contributed by atoms with Crippen molar-refractivity contribution >= 4 is 11.7 Å². The molecule has 0 heterocycles. The summed E-state index contributed by atoms with van der Waals surface area (Å²) >= 11 is 0. The van der Waals surface area contributed by atoms with E-state index >= 15 is 0 Å². The van der Waals surface area contributed by atoms with Gasteiger partial charge in [0.2, 0.25) is 0 Å². The molecule has 0 saturated heterocycles.